The highest BCUT2D eigenvalue weighted by Crippen LogP contribution is 2.30. The van der Waals surface area contributed by atoms with E-state index >= 15 is 0 Å². The fraction of sp³-hybridized carbons (Fsp3) is 0.294. The molecule has 0 spiro atoms. The van der Waals surface area contributed by atoms with Gasteiger partial charge in [-0.15, -0.1) is 0 Å². The van der Waals surface area contributed by atoms with Crippen LogP contribution in [-0.4, -0.2) is 21.8 Å². The van der Waals surface area contributed by atoms with Crippen molar-refractivity contribution in [1.82, 2.24) is 15.3 Å². The van der Waals surface area contributed by atoms with Gasteiger partial charge in [-0.2, -0.15) is 13.2 Å². The van der Waals surface area contributed by atoms with Gasteiger partial charge in [0.15, 0.2) is 0 Å². The van der Waals surface area contributed by atoms with Crippen molar-refractivity contribution in [3.63, 3.8) is 0 Å². The third-order valence-electron chi connectivity index (χ3n) is 3.52. The molecule has 1 heterocycles. The van der Waals surface area contributed by atoms with Crippen LogP contribution in [0.15, 0.2) is 36.5 Å². The predicted molar refractivity (Wildman–Crippen MR) is 88.3 cm³/mol. The zero-order valence-electron chi connectivity index (χ0n) is 14.1. The maximum atomic E-state index is 12.8. The molecule has 0 fully saturated rings. The standard InChI is InChI=1S/C17H17F3N4O2/c1-3-14(25)24-16-21-8-7-13(23-16)15(26)22-10(2)11-5-4-6-12(9-11)17(18,19)20/h4-10H,3H2,1-2H3,(H,22,26)(H,21,23,24,25). The smallest absolute Gasteiger partial charge is 0.344 e. The number of carbonyl (C=O) groups is 2. The van der Waals surface area contributed by atoms with Crippen LogP contribution in [0.1, 0.15) is 47.9 Å². The summed E-state index contributed by atoms with van der Waals surface area (Å²) in [4.78, 5) is 31.4. The van der Waals surface area contributed by atoms with Crippen molar-refractivity contribution in [2.24, 2.45) is 0 Å². The maximum Gasteiger partial charge on any atom is 0.416 e. The van der Waals surface area contributed by atoms with Gasteiger partial charge >= 0.3 is 6.18 Å². The van der Waals surface area contributed by atoms with Gasteiger partial charge in [0.1, 0.15) is 5.69 Å². The van der Waals surface area contributed by atoms with E-state index in [1.165, 1.54) is 24.4 Å². The molecule has 2 rings (SSSR count). The number of aromatic nitrogens is 2. The largest absolute Gasteiger partial charge is 0.416 e. The lowest BCUT2D eigenvalue weighted by molar-refractivity contribution is -0.137. The van der Waals surface area contributed by atoms with Gasteiger partial charge in [-0.3, -0.25) is 14.9 Å². The Balaban J connectivity index is 2.12. The molecule has 9 heteroatoms. The topological polar surface area (TPSA) is 84.0 Å². The van der Waals surface area contributed by atoms with Crippen LogP contribution in [0.4, 0.5) is 19.1 Å². The number of benzene rings is 1. The van der Waals surface area contributed by atoms with Crippen LogP contribution >= 0.6 is 0 Å². The summed E-state index contributed by atoms with van der Waals surface area (Å²) in [6.45, 7) is 3.22. The van der Waals surface area contributed by atoms with E-state index < -0.39 is 23.7 Å². The van der Waals surface area contributed by atoms with E-state index in [-0.39, 0.29) is 24.0 Å². The van der Waals surface area contributed by atoms with Crippen LogP contribution in [-0.2, 0) is 11.0 Å². The fourth-order valence-electron chi connectivity index (χ4n) is 2.10. The third kappa shape index (κ3) is 5.01. The first-order valence-corrected chi connectivity index (χ1v) is 7.81. The molecule has 1 unspecified atom stereocenters. The number of nitrogens with zero attached hydrogens (tertiary/aromatic N) is 2. The normalized spacial score (nSPS) is 12.3. The summed E-state index contributed by atoms with van der Waals surface area (Å²) in [7, 11) is 0. The van der Waals surface area contributed by atoms with Crippen LogP contribution in [0.3, 0.4) is 0 Å². The molecule has 1 aromatic heterocycles. The minimum absolute atomic E-state index is 0.00905. The SMILES string of the molecule is CCC(=O)Nc1nccc(C(=O)NC(C)c2cccc(C(F)(F)F)c2)n1. The third-order valence-corrected chi connectivity index (χ3v) is 3.52. The molecular formula is C17H17F3N4O2. The molecule has 2 aromatic rings. The van der Waals surface area contributed by atoms with Gasteiger partial charge in [0.05, 0.1) is 11.6 Å². The summed E-state index contributed by atoms with van der Waals surface area (Å²) in [6.07, 6.45) is -2.92. The maximum absolute atomic E-state index is 12.8. The van der Waals surface area contributed by atoms with E-state index in [1.54, 1.807) is 13.8 Å². The van der Waals surface area contributed by atoms with Gasteiger partial charge in [-0.25, -0.2) is 9.97 Å². The number of hydrogen-bond donors (Lipinski definition) is 2. The van der Waals surface area contributed by atoms with E-state index in [1.807, 2.05) is 0 Å². The van der Waals surface area contributed by atoms with Crippen LogP contribution in [0.5, 0.6) is 0 Å². The quantitative estimate of drug-likeness (QED) is 0.850. The summed E-state index contributed by atoms with van der Waals surface area (Å²) < 4.78 is 38.4. The second kappa shape index (κ2) is 7.94. The lowest BCUT2D eigenvalue weighted by Gasteiger charge is -2.16. The molecule has 0 aliphatic rings. The van der Waals surface area contributed by atoms with E-state index in [9.17, 15) is 22.8 Å². The molecule has 0 aliphatic carbocycles. The molecule has 0 aliphatic heterocycles. The van der Waals surface area contributed by atoms with Crippen LogP contribution < -0.4 is 10.6 Å². The van der Waals surface area contributed by atoms with Gasteiger partial charge < -0.3 is 5.32 Å². The monoisotopic (exact) mass is 366 g/mol. The lowest BCUT2D eigenvalue weighted by atomic mass is 10.0. The van der Waals surface area contributed by atoms with E-state index in [0.29, 0.717) is 5.56 Å². The van der Waals surface area contributed by atoms with Crippen molar-refractivity contribution in [1.29, 1.82) is 0 Å². The molecule has 1 atom stereocenters. The van der Waals surface area contributed by atoms with Crippen molar-refractivity contribution in [3.05, 3.63) is 53.3 Å². The van der Waals surface area contributed by atoms with Crippen LogP contribution in [0, 0.1) is 0 Å². The Morgan fingerprint density at radius 1 is 1.23 bits per heavy atom. The number of alkyl halides is 3. The Morgan fingerprint density at radius 2 is 1.96 bits per heavy atom. The molecule has 0 saturated carbocycles. The highest BCUT2D eigenvalue weighted by Gasteiger charge is 2.30. The van der Waals surface area contributed by atoms with Crippen LogP contribution in [0.2, 0.25) is 0 Å². The predicted octanol–water partition coefficient (Wildman–Crippen LogP) is 3.33. The lowest BCUT2D eigenvalue weighted by Crippen LogP contribution is -2.28. The van der Waals surface area contributed by atoms with Crippen molar-refractivity contribution in [2.75, 3.05) is 5.32 Å². The van der Waals surface area contributed by atoms with Crippen LogP contribution in [0.25, 0.3) is 0 Å². The van der Waals surface area contributed by atoms with Crippen molar-refractivity contribution in [3.8, 4) is 0 Å². The molecule has 26 heavy (non-hydrogen) atoms. The average molecular weight is 366 g/mol. The number of rotatable bonds is 5. The number of amides is 2. The minimum Gasteiger partial charge on any atom is -0.344 e. The number of nitrogens with one attached hydrogen (secondary N) is 2. The molecular weight excluding hydrogens is 349 g/mol. The first-order valence-electron chi connectivity index (χ1n) is 7.81. The summed E-state index contributed by atoms with van der Waals surface area (Å²) in [5.74, 6) is -0.916. The molecule has 138 valence electrons. The Bertz CT molecular complexity index is 809. The number of hydrogen-bond acceptors (Lipinski definition) is 4. The Morgan fingerprint density at radius 3 is 2.62 bits per heavy atom. The van der Waals surface area contributed by atoms with Crippen molar-refractivity contribution in [2.45, 2.75) is 32.5 Å². The summed E-state index contributed by atoms with van der Waals surface area (Å²) in [6, 6.07) is 5.39. The summed E-state index contributed by atoms with van der Waals surface area (Å²) in [5.41, 5.74) is -0.491. The number of anilines is 1. The van der Waals surface area contributed by atoms with Gasteiger partial charge in [0.2, 0.25) is 11.9 Å². The van der Waals surface area contributed by atoms with Crippen molar-refractivity contribution >= 4 is 17.8 Å². The van der Waals surface area contributed by atoms with E-state index in [0.717, 1.165) is 12.1 Å². The molecule has 0 saturated heterocycles. The number of halogens is 3. The first-order chi connectivity index (χ1) is 12.2. The highest BCUT2D eigenvalue weighted by atomic mass is 19.4. The molecule has 0 bridgehead atoms. The molecule has 6 nitrogen and oxygen atoms in total. The molecule has 0 radical (unpaired) electrons. The number of carbonyl (C=O) groups excluding carboxylic acids is 2. The second-order valence-corrected chi connectivity index (χ2v) is 5.49. The van der Waals surface area contributed by atoms with E-state index in [4.69, 9.17) is 0 Å². The van der Waals surface area contributed by atoms with Gasteiger partial charge in [-0.1, -0.05) is 19.1 Å². The zero-order valence-corrected chi connectivity index (χ0v) is 14.1. The summed E-state index contributed by atoms with van der Waals surface area (Å²) in [5, 5.41) is 5.01. The fourth-order valence-corrected chi connectivity index (χ4v) is 2.10. The molecule has 1 aromatic carbocycles. The molecule has 2 amide bonds. The van der Waals surface area contributed by atoms with E-state index in [2.05, 4.69) is 20.6 Å². The Labute approximate surface area is 147 Å². The Hall–Kier alpha value is -2.97. The zero-order chi connectivity index (χ0) is 19.3. The van der Waals surface area contributed by atoms with Gasteiger partial charge in [0.25, 0.3) is 5.91 Å². The van der Waals surface area contributed by atoms with Gasteiger partial charge in [-0.05, 0) is 30.7 Å². The van der Waals surface area contributed by atoms with Crippen molar-refractivity contribution < 1.29 is 22.8 Å². The minimum atomic E-state index is -4.46. The Kier molecular flexibility index (Phi) is 5.91. The molecule has 2 N–H and O–H groups in total. The summed E-state index contributed by atoms with van der Waals surface area (Å²) >= 11 is 0. The second-order valence-electron chi connectivity index (χ2n) is 5.49. The highest BCUT2D eigenvalue weighted by molar-refractivity contribution is 5.93. The van der Waals surface area contributed by atoms with Gasteiger partial charge in [0, 0.05) is 12.6 Å². The first kappa shape index (κ1) is 19.4. The average Bonchev–Trinajstić information content (AvgIpc) is 2.61.